The molecule has 0 aromatic carbocycles. The predicted molar refractivity (Wildman–Crippen MR) is 91.2 cm³/mol. The van der Waals surface area contributed by atoms with Crippen molar-refractivity contribution < 1.29 is 9.72 Å². The van der Waals surface area contributed by atoms with E-state index >= 15 is 0 Å². The monoisotopic (exact) mass is 357 g/mol. The lowest BCUT2D eigenvalue weighted by molar-refractivity contribution is -0.385. The van der Waals surface area contributed by atoms with E-state index in [-0.39, 0.29) is 24.0 Å². The van der Waals surface area contributed by atoms with Gasteiger partial charge >= 0.3 is 5.69 Å². The predicted octanol–water partition coefficient (Wildman–Crippen LogP) is 1.55. The zero-order chi connectivity index (χ0) is 16.7. The van der Waals surface area contributed by atoms with E-state index in [9.17, 15) is 14.9 Å². The van der Waals surface area contributed by atoms with E-state index in [0.717, 1.165) is 39.0 Å². The first-order valence-corrected chi connectivity index (χ1v) is 8.04. The molecule has 9 heteroatoms. The SMILES string of the molecule is CC(C)(C(=O)N1CCC2(CCNC2)CC1)n1cc([N+](=O)[O-])cn1.Cl. The highest BCUT2D eigenvalue weighted by Crippen LogP contribution is 2.37. The minimum atomic E-state index is -0.924. The number of rotatable bonds is 3. The summed E-state index contributed by atoms with van der Waals surface area (Å²) in [6.45, 7) is 7.11. The molecule has 2 saturated heterocycles. The molecule has 0 atom stereocenters. The smallest absolute Gasteiger partial charge is 0.307 e. The summed E-state index contributed by atoms with van der Waals surface area (Å²) >= 11 is 0. The Morgan fingerprint density at radius 2 is 2.04 bits per heavy atom. The van der Waals surface area contributed by atoms with Crippen LogP contribution in [0.15, 0.2) is 12.4 Å². The van der Waals surface area contributed by atoms with Crippen molar-refractivity contribution in [2.75, 3.05) is 26.2 Å². The normalized spacial score (nSPS) is 20.0. The lowest BCUT2D eigenvalue weighted by Gasteiger charge is -2.41. The molecular formula is C15H24ClN5O3. The van der Waals surface area contributed by atoms with Gasteiger partial charge in [-0.15, -0.1) is 12.4 Å². The molecule has 1 aromatic heterocycles. The number of nitrogens with one attached hydrogen (secondary N) is 1. The number of aromatic nitrogens is 2. The number of hydrogen-bond acceptors (Lipinski definition) is 5. The van der Waals surface area contributed by atoms with Gasteiger partial charge in [0.1, 0.15) is 17.9 Å². The fraction of sp³-hybridized carbons (Fsp3) is 0.733. The van der Waals surface area contributed by atoms with Crippen LogP contribution in [0.3, 0.4) is 0 Å². The number of amides is 1. The summed E-state index contributed by atoms with van der Waals surface area (Å²) < 4.78 is 1.40. The topological polar surface area (TPSA) is 93.3 Å². The maximum Gasteiger partial charge on any atom is 0.307 e. The minimum absolute atomic E-state index is 0. The third kappa shape index (κ3) is 3.25. The summed E-state index contributed by atoms with van der Waals surface area (Å²) in [5, 5.41) is 18.2. The Balaban J connectivity index is 0.00000208. The Morgan fingerprint density at radius 1 is 1.38 bits per heavy atom. The standard InChI is InChI=1S/C15H23N5O3.ClH/c1-14(2,19-10-12(9-17-19)20(22)23)13(21)18-7-4-15(5-8-18)3-6-16-11-15;/h9-10,16H,3-8,11H2,1-2H3;1H. The maximum atomic E-state index is 12.9. The lowest BCUT2D eigenvalue weighted by Crippen LogP contribution is -2.51. The van der Waals surface area contributed by atoms with Gasteiger partial charge < -0.3 is 10.2 Å². The van der Waals surface area contributed by atoms with Crippen LogP contribution in [-0.4, -0.2) is 51.7 Å². The second-order valence-electron chi connectivity index (χ2n) is 7.18. The highest BCUT2D eigenvalue weighted by Gasteiger charge is 2.42. The fourth-order valence-electron chi connectivity index (χ4n) is 3.60. The number of likely N-dealkylation sites (tertiary alicyclic amines) is 1. The van der Waals surface area contributed by atoms with Gasteiger partial charge in [0.25, 0.3) is 0 Å². The van der Waals surface area contributed by atoms with Gasteiger partial charge in [-0.05, 0) is 45.1 Å². The average molecular weight is 358 g/mol. The number of nitrogens with zero attached hydrogens (tertiary/aromatic N) is 4. The molecule has 0 aliphatic carbocycles. The van der Waals surface area contributed by atoms with Crippen LogP contribution in [-0.2, 0) is 10.3 Å². The van der Waals surface area contributed by atoms with Crippen molar-refractivity contribution in [2.45, 2.75) is 38.6 Å². The first-order valence-electron chi connectivity index (χ1n) is 8.04. The zero-order valence-corrected chi connectivity index (χ0v) is 14.8. The molecule has 3 rings (SSSR count). The molecule has 2 fully saturated rings. The number of halogens is 1. The van der Waals surface area contributed by atoms with Gasteiger partial charge in [-0.3, -0.25) is 19.6 Å². The fourth-order valence-corrected chi connectivity index (χ4v) is 3.60. The van der Waals surface area contributed by atoms with Gasteiger partial charge in [-0.25, -0.2) is 0 Å². The Labute approximate surface area is 147 Å². The van der Waals surface area contributed by atoms with Crippen molar-refractivity contribution in [3.63, 3.8) is 0 Å². The van der Waals surface area contributed by atoms with Crippen LogP contribution < -0.4 is 5.32 Å². The average Bonchev–Trinajstić information content (AvgIpc) is 3.17. The molecule has 1 aromatic rings. The summed E-state index contributed by atoms with van der Waals surface area (Å²) in [5.41, 5.74) is -0.668. The van der Waals surface area contributed by atoms with Gasteiger partial charge in [0.05, 0.1) is 4.92 Å². The highest BCUT2D eigenvalue weighted by atomic mass is 35.5. The van der Waals surface area contributed by atoms with E-state index in [1.54, 1.807) is 13.8 Å². The third-order valence-corrected chi connectivity index (χ3v) is 5.32. The molecule has 3 heterocycles. The summed E-state index contributed by atoms with van der Waals surface area (Å²) in [7, 11) is 0. The molecular weight excluding hydrogens is 334 g/mol. The molecule has 2 aliphatic rings. The number of carbonyl (C=O) groups is 1. The van der Waals surface area contributed by atoms with Crippen LogP contribution in [0.4, 0.5) is 5.69 Å². The maximum absolute atomic E-state index is 12.9. The van der Waals surface area contributed by atoms with E-state index in [0.29, 0.717) is 5.41 Å². The molecule has 1 spiro atoms. The molecule has 1 amide bonds. The summed E-state index contributed by atoms with van der Waals surface area (Å²) in [4.78, 5) is 25.1. The molecule has 1 N–H and O–H groups in total. The van der Waals surface area contributed by atoms with Crippen molar-refractivity contribution in [3.05, 3.63) is 22.5 Å². The number of carbonyl (C=O) groups excluding carboxylic acids is 1. The van der Waals surface area contributed by atoms with Crippen molar-refractivity contribution in [1.82, 2.24) is 20.0 Å². The Morgan fingerprint density at radius 3 is 2.54 bits per heavy atom. The van der Waals surface area contributed by atoms with Gasteiger partial charge in [-0.1, -0.05) is 0 Å². The first kappa shape index (κ1) is 18.7. The lowest BCUT2D eigenvalue weighted by atomic mass is 9.77. The van der Waals surface area contributed by atoms with Crippen LogP contribution in [0, 0.1) is 15.5 Å². The Kier molecular flexibility index (Phi) is 5.19. The van der Waals surface area contributed by atoms with Gasteiger partial charge in [0.15, 0.2) is 0 Å². The Hall–Kier alpha value is -1.67. The van der Waals surface area contributed by atoms with Crippen molar-refractivity contribution in [1.29, 1.82) is 0 Å². The quantitative estimate of drug-likeness (QED) is 0.654. The molecule has 24 heavy (non-hydrogen) atoms. The van der Waals surface area contributed by atoms with Crippen LogP contribution in [0.5, 0.6) is 0 Å². The van der Waals surface area contributed by atoms with E-state index < -0.39 is 10.5 Å². The van der Waals surface area contributed by atoms with Gasteiger partial charge in [0, 0.05) is 19.6 Å². The Bertz CT molecular complexity index is 614. The first-order chi connectivity index (χ1) is 10.8. The highest BCUT2D eigenvalue weighted by molar-refractivity contribution is 5.85. The van der Waals surface area contributed by atoms with Crippen LogP contribution in [0.25, 0.3) is 0 Å². The van der Waals surface area contributed by atoms with Gasteiger partial charge in [-0.2, -0.15) is 5.10 Å². The largest absolute Gasteiger partial charge is 0.341 e. The van der Waals surface area contributed by atoms with E-state index in [1.165, 1.54) is 23.5 Å². The molecule has 2 aliphatic heterocycles. The molecule has 0 unspecified atom stereocenters. The third-order valence-electron chi connectivity index (χ3n) is 5.32. The van der Waals surface area contributed by atoms with Crippen molar-refractivity contribution >= 4 is 24.0 Å². The molecule has 8 nitrogen and oxygen atoms in total. The second-order valence-corrected chi connectivity index (χ2v) is 7.18. The van der Waals surface area contributed by atoms with E-state index in [1.807, 2.05) is 4.90 Å². The summed E-state index contributed by atoms with van der Waals surface area (Å²) in [5.74, 6) is -0.0312. The van der Waals surface area contributed by atoms with E-state index in [4.69, 9.17) is 0 Å². The second kappa shape index (κ2) is 6.68. The van der Waals surface area contributed by atoms with Crippen LogP contribution >= 0.6 is 12.4 Å². The number of nitro groups is 1. The summed E-state index contributed by atoms with van der Waals surface area (Å²) in [6, 6.07) is 0. The van der Waals surface area contributed by atoms with E-state index in [2.05, 4.69) is 10.4 Å². The van der Waals surface area contributed by atoms with Crippen molar-refractivity contribution in [3.8, 4) is 0 Å². The number of piperidine rings is 1. The number of hydrogen-bond donors (Lipinski definition) is 1. The molecule has 0 radical (unpaired) electrons. The van der Waals surface area contributed by atoms with Gasteiger partial charge in [0.2, 0.25) is 5.91 Å². The molecule has 0 saturated carbocycles. The molecule has 134 valence electrons. The molecule has 0 bridgehead atoms. The summed E-state index contributed by atoms with van der Waals surface area (Å²) in [6.07, 6.45) is 5.72. The zero-order valence-electron chi connectivity index (χ0n) is 14.0. The van der Waals surface area contributed by atoms with Crippen LogP contribution in [0.2, 0.25) is 0 Å². The van der Waals surface area contributed by atoms with Crippen LogP contribution in [0.1, 0.15) is 33.1 Å². The minimum Gasteiger partial charge on any atom is -0.341 e. The van der Waals surface area contributed by atoms with Crippen molar-refractivity contribution in [2.24, 2.45) is 5.41 Å².